The SMILES string of the molecule is CN(C)CCOc1nc(Nc2ccc(C(=O)NCCO)cc2)nc(Nc2ccc(C=Cc3ccc(Nc4nc(Nc5ccc(C(=O)NCCO)cc5)nc(OCCN(C)C)n4)cc3S(=O)(=O)O)c(S(=O)(=O)O)c2)n1. The minimum Gasteiger partial charge on any atom is -0.462 e. The Morgan fingerprint density at radius 2 is 0.838 bits per heavy atom. The number of anilines is 8. The maximum Gasteiger partial charge on any atom is 0.323 e. The van der Waals surface area contributed by atoms with Gasteiger partial charge in [0.05, 0.1) is 13.2 Å². The van der Waals surface area contributed by atoms with Gasteiger partial charge >= 0.3 is 12.0 Å². The van der Waals surface area contributed by atoms with Crippen molar-refractivity contribution in [3.05, 3.63) is 107 Å². The van der Waals surface area contributed by atoms with Crippen molar-refractivity contribution in [1.82, 2.24) is 50.3 Å². The second-order valence-corrected chi connectivity index (χ2v) is 19.0. The predicted molar refractivity (Wildman–Crippen MR) is 274 cm³/mol. The Morgan fingerprint density at radius 1 is 0.514 bits per heavy atom. The lowest BCUT2D eigenvalue weighted by molar-refractivity contribution is 0.0937. The summed E-state index contributed by atoms with van der Waals surface area (Å²) in [4.78, 5) is 53.2. The van der Waals surface area contributed by atoms with Gasteiger partial charge < -0.3 is 61.4 Å². The van der Waals surface area contributed by atoms with Crippen molar-refractivity contribution in [3.8, 4) is 12.0 Å². The van der Waals surface area contributed by atoms with Crippen molar-refractivity contribution in [2.45, 2.75) is 9.79 Å². The van der Waals surface area contributed by atoms with E-state index in [2.05, 4.69) is 61.8 Å². The van der Waals surface area contributed by atoms with Crippen LogP contribution in [-0.4, -0.2) is 168 Å². The van der Waals surface area contributed by atoms with Crippen LogP contribution in [-0.2, 0) is 20.2 Å². The summed E-state index contributed by atoms with van der Waals surface area (Å²) in [6.45, 7) is 1.18. The molecular formula is C46H54N14O12S2. The monoisotopic (exact) mass is 1060 g/mol. The molecule has 26 nitrogen and oxygen atoms in total. The summed E-state index contributed by atoms with van der Waals surface area (Å²) < 4.78 is 83.5. The third-order valence-corrected chi connectivity index (χ3v) is 11.7. The van der Waals surface area contributed by atoms with Crippen LogP contribution in [0.3, 0.4) is 0 Å². The smallest absolute Gasteiger partial charge is 0.323 e. The molecule has 28 heteroatoms. The minimum absolute atomic E-state index is 0.0114. The Balaban J connectivity index is 1.24. The molecule has 0 unspecified atom stereocenters. The predicted octanol–water partition coefficient (Wildman–Crippen LogP) is 3.02. The summed E-state index contributed by atoms with van der Waals surface area (Å²) in [5.74, 6) is -0.922. The number of nitrogens with one attached hydrogen (secondary N) is 6. The van der Waals surface area contributed by atoms with Gasteiger partial charge in [-0.15, -0.1) is 0 Å². The molecule has 2 heterocycles. The maximum atomic E-state index is 12.8. The number of amides is 2. The van der Waals surface area contributed by atoms with Gasteiger partial charge in [0, 0.05) is 60.1 Å². The molecule has 4 aromatic carbocycles. The Morgan fingerprint density at radius 3 is 1.15 bits per heavy atom. The number of likely N-dealkylation sites (N-methyl/N-ethyl adjacent to an activating group) is 2. The van der Waals surface area contributed by atoms with E-state index in [-0.39, 0.29) is 110 Å². The van der Waals surface area contributed by atoms with Crippen LogP contribution in [0.1, 0.15) is 31.8 Å². The third-order valence-electron chi connectivity index (χ3n) is 9.91. The quantitative estimate of drug-likeness (QED) is 0.0276. The molecule has 2 amide bonds. The van der Waals surface area contributed by atoms with E-state index in [0.717, 1.165) is 12.1 Å². The van der Waals surface area contributed by atoms with E-state index < -0.39 is 30.0 Å². The molecule has 6 aromatic rings. The topological polar surface area (TPSA) is 358 Å². The Kier molecular flexibility index (Phi) is 19.2. The van der Waals surface area contributed by atoms with Crippen LogP contribution in [0.4, 0.5) is 46.5 Å². The van der Waals surface area contributed by atoms with Crippen LogP contribution < -0.4 is 41.4 Å². The van der Waals surface area contributed by atoms with Crippen LogP contribution >= 0.6 is 0 Å². The Hall–Kier alpha value is -7.96. The molecule has 2 aromatic heterocycles. The normalized spacial score (nSPS) is 11.6. The van der Waals surface area contributed by atoms with E-state index in [9.17, 15) is 35.5 Å². The van der Waals surface area contributed by atoms with E-state index in [1.807, 2.05) is 38.0 Å². The molecule has 0 saturated heterocycles. The molecule has 0 saturated carbocycles. The number of aliphatic hydroxyl groups is 2. The number of carbonyl (C=O) groups is 2. The highest BCUT2D eigenvalue weighted by Gasteiger charge is 2.20. The van der Waals surface area contributed by atoms with Gasteiger partial charge in [0.15, 0.2) is 0 Å². The number of carbonyl (C=O) groups excluding carboxylic acids is 2. The Bertz CT molecular complexity index is 2960. The highest BCUT2D eigenvalue weighted by atomic mass is 32.2. The second kappa shape index (κ2) is 25.6. The molecule has 0 aliphatic carbocycles. The van der Waals surface area contributed by atoms with E-state index in [0.29, 0.717) is 35.6 Å². The van der Waals surface area contributed by atoms with Crippen LogP contribution in [0.15, 0.2) is 94.7 Å². The molecule has 0 aliphatic rings. The Labute approximate surface area is 425 Å². The first-order valence-electron chi connectivity index (χ1n) is 22.3. The van der Waals surface area contributed by atoms with Crippen molar-refractivity contribution >= 4 is 90.7 Å². The van der Waals surface area contributed by atoms with Gasteiger partial charge in [0.1, 0.15) is 23.0 Å². The van der Waals surface area contributed by atoms with Crippen molar-refractivity contribution in [2.24, 2.45) is 0 Å². The fraction of sp³-hybridized carbons (Fsp3) is 0.261. The number of hydrogen-bond acceptors (Lipinski definition) is 22. The molecule has 10 N–H and O–H groups in total. The van der Waals surface area contributed by atoms with Crippen LogP contribution in [0, 0.1) is 0 Å². The minimum atomic E-state index is -4.94. The van der Waals surface area contributed by atoms with Crippen molar-refractivity contribution < 1.29 is 55.2 Å². The van der Waals surface area contributed by atoms with Gasteiger partial charge in [0.2, 0.25) is 23.8 Å². The van der Waals surface area contributed by atoms with Crippen molar-refractivity contribution in [3.63, 3.8) is 0 Å². The van der Waals surface area contributed by atoms with E-state index >= 15 is 0 Å². The molecular weight excluding hydrogens is 1000 g/mol. The van der Waals surface area contributed by atoms with Gasteiger partial charge in [-0.3, -0.25) is 18.7 Å². The molecule has 0 spiro atoms. The molecule has 0 radical (unpaired) electrons. The summed E-state index contributed by atoms with van der Waals surface area (Å²) >= 11 is 0. The number of benzene rings is 4. The third kappa shape index (κ3) is 16.8. The highest BCUT2D eigenvalue weighted by molar-refractivity contribution is 7.86. The molecule has 6 rings (SSSR count). The highest BCUT2D eigenvalue weighted by Crippen LogP contribution is 2.29. The zero-order valence-electron chi connectivity index (χ0n) is 40.3. The second-order valence-electron chi connectivity index (χ2n) is 16.2. The van der Waals surface area contributed by atoms with Crippen molar-refractivity contribution in [1.29, 1.82) is 0 Å². The summed E-state index contributed by atoms with van der Waals surface area (Å²) in [6, 6.07) is 20.2. The fourth-order valence-electron chi connectivity index (χ4n) is 6.30. The van der Waals surface area contributed by atoms with Crippen LogP contribution in [0.5, 0.6) is 12.0 Å². The van der Waals surface area contributed by atoms with Gasteiger partial charge in [-0.25, -0.2) is 0 Å². The fourth-order valence-corrected chi connectivity index (χ4v) is 7.72. The number of hydrogen-bond donors (Lipinski definition) is 10. The van der Waals surface area contributed by atoms with Crippen LogP contribution in [0.2, 0.25) is 0 Å². The molecule has 0 atom stereocenters. The molecule has 392 valence electrons. The molecule has 0 fully saturated rings. The lowest BCUT2D eigenvalue weighted by atomic mass is 10.1. The van der Waals surface area contributed by atoms with E-state index in [1.165, 1.54) is 36.4 Å². The van der Waals surface area contributed by atoms with E-state index in [4.69, 9.17) is 19.7 Å². The summed E-state index contributed by atoms with van der Waals surface area (Å²) in [5, 5.41) is 35.0. The first-order valence-corrected chi connectivity index (χ1v) is 25.2. The number of rotatable bonds is 26. The van der Waals surface area contributed by atoms with E-state index in [1.54, 1.807) is 48.5 Å². The maximum absolute atomic E-state index is 12.8. The summed E-state index contributed by atoms with van der Waals surface area (Å²) in [5.41, 5.74) is 1.70. The number of aliphatic hydroxyl groups excluding tert-OH is 2. The first-order chi connectivity index (χ1) is 35.3. The molecule has 0 aliphatic heterocycles. The van der Waals surface area contributed by atoms with Gasteiger partial charge in [-0.1, -0.05) is 24.3 Å². The number of nitrogens with zero attached hydrogens (tertiary/aromatic N) is 8. The van der Waals surface area contributed by atoms with Gasteiger partial charge in [0.25, 0.3) is 32.1 Å². The summed E-state index contributed by atoms with van der Waals surface area (Å²) in [6.07, 6.45) is 2.45. The standard InChI is InChI=1S/C46H54N14O12S2/c1-59(2)21-25-71-45-55-41(49-33-13-9-31(10-14-33)39(63)47-19-23-61)53-43(57-45)51-35-17-7-29(37(27-35)73(65,66)67)5-6-30-8-18-36(28-38(30)74(68,69)70)52-44-54-42(56-46(58-44)72-26-22-60(3)4)50-34-15-11-32(12-16-34)40(64)48-20-24-62/h5-18,27-28,61-62H,19-26H2,1-4H3,(H,47,63)(H,48,64)(H,65,66,67)(H,68,69,70)(H2,49,51,53,55,57)(H2,50,52,54,56,58). The molecule has 0 bridgehead atoms. The van der Waals surface area contributed by atoms with Gasteiger partial charge in [-0.2, -0.15) is 46.7 Å². The zero-order valence-corrected chi connectivity index (χ0v) is 42.0. The molecule has 74 heavy (non-hydrogen) atoms. The van der Waals surface area contributed by atoms with Gasteiger partial charge in [-0.05, 0) is 112 Å². The lowest BCUT2D eigenvalue weighted by Crippen LogP contribution is -2.26. The zero-order chi connectivity index (χ0) is 53.4. The average molecular weight is 1060 g/mol. The number of ether oxygens (including phenoxy) is 2. The first kappa shape index (κ1) is 55.4. The lowest BCUT2D eigenvalue weighted by Gasteiger charge is -2.14. The summed E-state index contributed by atoms with van der Waals surface area (Å²) in [7, 11) is -2.47. The average Bonchev–Trinajstić information content (AvgIpc) is 3.34. The largest absolute Gasteiger partial charge is 0.462 e. The number of aromatic nitrogens is 6. The van der Waals surface area contributed by atoms with Crippen molar-refractivity contribution in [2.75, 3.05) is 102 Å². The van der Waals surface area contributed by atoms with Crippen LogP contribution in [0.25, 0.3) is 12.2 Å².